The van der Waals surface area contributed by atoms with E-state index in [1.807, 2.05) is 41.6 Å². The number of rotatable bonds is 4. The van der Waals surface area contributed by atoms with E-state index >= 15 is 0 Å². The number of amides is 1. The molecule has 0 unspecified atom stereocenters. The van der Waals surface area contributed by atoms with Crippen LogP contribution in [0.15, 0.2) is 42.7 Å². The normalized spacial score (nSPS) is 16.8. The van der Waals surface area contributed by atoms with Gasteiger partial charge in [0.15, 0.2) is 0 Å². The zero-order valence-electron chi connectivity index (χ0n) is 17.0. The number of benzene rings is 1. The molecule has 1 saturated heterocycles. The van der Waals surface area contributed by atoms with E-state index in [2.05, 4.69) is 29.0 Å². The van der Waals surface area contributed by atoms with E-state index < -0.39 is 0 Å². The van der Waals surface area contributed by atoms with Gasteiger partial charge in [0.05, 0.1) is 43.4 Å². The second kappa shape index (κ2) is 8.13. The minimum Gasteiger partial charge on any atom is -0.377 e. The number of aryl methyl sites for hydroxylation is 2. The second-order valence-corrected chi connectivity index (χ2v) is 7.36. The number of aromatic nitrogens is 4. The van der Waals surface area contributed by atoms with E-state index in [-0.39, 0.29) is 11.9 Å². The lowest BCUT2D eigenvalue weighted by atomic mass is 10.0. The van der Waals surface area contributed by atoms with E-state index in [4.69, 9.17) is 9.84 Å². The highest BCUT2D eigenvalue weighted by Crippen LogP contribution is 2.30. The lowest BCUT2D eigenvalue weighted by Crippen LogP contribution is -2.44. The number of hydrogen-bond acceptors (Lipinski definition) is 5. The predicted octanol–water partition coefficient (Wildman–Crippen LogP) is 2.86. The maximum absolute atomic E-state index is 13.2. The minimum absolute atomic E-state index is 0.125. The first-order valence-corrected chi connectivity index (χ1v) is 9.80. The molecule has 1 fully saturated rings. The Morgan fingerprint density at radius 1 is 1.14 bits per heavy atom. The van der Waals surface area contributed by atoms with Crippen LogP contribution in [0.25, 0.3) is 0 Å². The van der Waals surface area contributed by atoms with Gasteiger partial charge in [-0.05, 0) is 26.3 Å². The molecule has 0 bridgehead atoms. The molecule has 1 aliphatic rings. The van der Waals surface area contributed by atoms with E-state index in [1.165, 1.54) is 5.56 Å². The number of hydrogen-bond donors (Lipinski definition) is 0. The topological polar surface area (TPSA) is 73.1 Å². The standard InChI is InChI=1S/C22H25N5O2/c1-15-11-24-19(12-23-15)22(28)26-9-10-29-14-20(26)21-16(2)25-27(17(21)3)13-18-7-5-4-6-8-18/h4-8,11-12,20H,9-10,13-14H2,1-3H3/t20-/m0/s1. The number of nitrogens with zero attached hydrogens (tertiary/aromatic N) is 5. The van der Waals surface area contributed by atoms with E-state index in [0.29, 0.717) is 32.0 Å². The third-order valence-corrected chi connectivity index (χ3v) is 5.34. The van der Waals surface area contributed by atoms with Crippen molar-refractivity contribution in [1.29, 1.82) is 0 Å². The van der Waals surface area contributed by atoms with Gasteiger partial charge in [-0.2, -0.15) is 5.10 Å². The Bertz CT molecular complexity index is 998. The Hall–Kier alpha value is -3.06. The SMILES string of the molecule is Cc1cnc(C(=O)N2CCOC[C@H]2c2c(C)nn(Cc3ccccc3)c2C)cn1. The van der Waals surface area contributed by atoms with Gasteiger partial charge in [-0.15, -0.1) is 0 Å². The van der Waals surface area contributed by atoms with Crippen molar-refractivity contribution >= 4 is 5.91 Å². The van der Waals surface area contributed by atoms with Gasteiger partial charge in [0.1, 0.15) is 5.69 Å². The summed E-state index contributed by atoms with van der Waals surface area (Å²) in [6.07, 6.45) is 3.17. The van der Waals surface area contributed by atoms with Crippen LogP contribution in [-0.4, -0.2) is 50.3 Å². The molecular formula is C22H25N5O2. The maximum atomic E-state index is 13.2. The molecule has 1 aromatic carbocycles. The molecule has 0 saturated carbocycles. The lowest BCUT2D eigenvalue weighted by Gasteiger charge is -2.35. The average molecular weight is 391 g/mol. The molecule has 1 aliphatic heterocycles. The molecular weight excluding hydrogens is 366 g/mol. The van der Waals surface area contributed by atoms with Gasteiger partial charge < -0.3 is 9.64 Å². The van der Waals surface area contributed by atoms with Crippen LogP contribution in [0.3, 0.4) is 0 Å². The van der Waals surface area contributed by atoms with Crippen LogP contribution in [0.2, 0.25) is 0 Å². The molecule has 2 aromatic heterocycles. The van der Waals surface area contributed by atoms with Crippen molar-refractivity contribution in [3.63, 3.8) is 0 Å². The first kappa shape index (κ1) is 19.3. The summed E-state index contributed by atoms with van der Waals surface area (Å²) in [4.78, 5) is 23.5. The van der Waals surface area contributed by atoms with Gasteiger partial charge in [-0.1, -0.05) is 30.3 Å². The Morgan fingerprint density at radius 2 is 1.93 bits per heavy atom. The number of ether oxygens (including phenoxy) is 1. The summed E-state index contributed by atoms with van der Waals surface area (Å²) in [6.45, 7) is 8.07. The predicted molar refractivity (Wildman–Crippen MR) is 109 cm³/mol. The van der Waals surface area contributed by atoms with Gasteiger partial charge in [0.2, 0.25) is 0 Å². The monoisotopic (exact) mass is 391 g/mol. The summed E-state index contributed by atoms with van der Waals surface area (Å²) in [6, 6.07) is 10.0. The largest absolute Gasteiger partial charge is 0.377 e. The van der Waals surface area contributed by atoms with E-state index in [1.54, 1.807) is 12.4 Å². The molecule has 0 aliphatic carbocycles. The van der Waals surface area contributed by atoms with Crippen molar-refractivity contribution in [3.05, 3.63) is 76.6 Å². The maximum Gasteiger partial charge on any atom is 0.274 e. The second-order valence-electron chi connectivity index (χ2n) is 7.36. The van der Waals surface area contributed by atoms with Gasteiger partial charge in [-0.3, -0.25) is 14.5 Å². The highest BCUT2D eigenvalue weighted by molar-refractivity contribution is 5.92. The molecule has 150 valence electrons. The summed E-state index contributed by atoms with van der Waals surface area (Å²) in [5.74, 6) is -0.125. The van der Waals surface area contributed by atoms with Crippen LogP contribution in [0.4, 0.5) is 0 Å². The average Bonchev–Trinajstić information content (AvgIpc) is 3.01. The molecule has 7 nitrogen and oxygen atoms in total. The smallest absolute Gasteiger partial charge is 0.274 e. The molecule has 0 spiro atoms. The van der Waals surface area contributed by atoms with Crippen molar-refractivity contribution in [2.24, 2.45) is 0 Å². The molecule has 3 heterocycles. The first-order chi connectivity index (χ1) is 14.0. The summed E-state index contributed by atoms with van der Waals surface area (Å²) in [5, 5.41) is 4.75. The number of morpholine rings is 1. The van der Waals surface area contributed by atoms with Crippen LogP contribution in [0.5, 0.6) is 0 Å². The highest BCUT2D eigenvalue weighted by atomic mass is 16.5. The van der Waals surface area contributed by atoms with Crippen molar-refractivity contribution in [3.8, 4) is 0 Å². The van der Waals surface area contributed by atoms with Crippen molar-refractivity contribution in [2.45, 2.75) is 33.4 Å². The number of carbonyl (C=O) groups excluding carboxylic acids is 1. The fourth-order valence-electron chi connectivity index (χ4n) is 3.84. The highest BCUT2D eigenvalue weighted by Gasteiger charge is 2.33. The van der Waals surface area contributed by atoms with E-state index in [0.717, 1.165) is 22.6 Å². The zero-order chi connectivity index (χ0) is 20.4. The molecule has 7 heteroatoms. The van der Waals surface area contributed by atoms with Crippen molar-refractivity contribution in [1.82, 2.24) is 24.6 Å². The Morgan fingerprint density at radius 3 is 2.66 bits per heavy atom. The summed E-state index contributed by atoms with van der Waals surface area (Å²) in [7, 11) is 0. The third-order valence-electron chi connectivity index (χ3n) is 5.34. The Kier molecular flexibility index (Phi) is 5.40. The van der Waals surface area contributed by atoms with E-state index in [9.17, 15) is 4.79 Å². The third kappa shape index (κ3) is 3.91. The first-order valence-electron chi connectivity index (χ1n) is 9.80. The molecule has 0 radical (unpaired) electrons. The quantitative estimate of drug-likeness (QED) is 0.684. The molecule has 1 amide bonds. The number of carbonyl (C=O) groups is 1. The molecule has 4 rings (SSSR count). The van der Waals surface area contributed by atoms with Crippen molar-refractivity contribution < 1.29 is 9.53 Å². The fourth-order valence-corrected chi connectivity index (χ4v) is 3.84. The van der Waals surface area contributed by atoms with Gasteiger partial charge in [0, 0.05) is 24.0 Å². The molecule has 3 aromatic rings. The molecule has 29 heavy (non-hydrogen) atoms. The lowest BCUT2D eigenvalue weighted by molar-refractivity contribution is -0.00339. The van der Waals surface area contributed by atoms with Gasteiger partial charge >= 0.3 is 0 Å². The van der Waals surface area contributed by atoms with Gasteiger partial charge in [-0.25, -0.2) is 4.98 Å². The Balaban J connectivity index is 1.65. The summed E-state index contributed by atoms with van der Waals surface area (Å²) in [5.41, 5.74) is 5.35. The van der Waals surface area contributed by atoms with Crippen LogP contribution >= 0.6 is 0 Å². The fraction of sp³-hybridized carbons (Fsp3) is 0.364. The summed E-state index contributed by atoms with van der Waals surface area (Å²) < 4.78 is 7.75. The molecule has 1 atom stereocenters. The Labute approximate surface area is 170 Å². The zero-order valence-corrected chi connectivity index (χ0v) is 17.0. The van der Waals surface area contributed by atoms with Crippen molar-refractivity contribution in [2.75, 3.05) is 19.8 Å². The van der Waals surface area contributed by atoms with Crippen LogP contribution in [0.1, 0.15) is 44.7 Å². The summed E-state index contributed by atoms with van der Waals surface area (Å²) >= 11 is 0. The molecule has 0 N–H and O–H groups in total. The van der Waals surface area contributed by atoms with Gasteiger partial charge in [0.25, 0.3) is 5.91 Å². The van der Waals surface area contributed by atoms with Crippen LogP contribution in [-0.2, 0) is 11.3 Å². The van der Waals surface area contributed by atoms with Crippen LogP contribution in [0, 0.1) is 20.8 Å². The van der Waals surface area contributed by atoms with Crippen LogP contribution < -0.4 is 0 Å². The minimum atomic E-state index is -0.191.